The molecular formula is C24H25NO5. The molecule has 1 N–H and O–H groups in total. The number of aliphatic carboxylic acids is 1. The van der Waals surface area contributed by atoms with E-state index in [1.807, 2.05) is 54.9 Å². The monoisotopic (exact) mass is 407 g/mol. The second-order valence-corrected chi connectivity index (χ2v) is 7.21. The van der Waals surface area contributed by atoms with Crippen LogP contribution < -0.4 is 9.47 Å². The lowest BCUT2D eigenvalue weighted by atomic mass is 10.1. The molecule has 0 bridgehead atoms. The zero-order chi connectivity index (χ0) is 21.7. The topological polar surface area (TPSA) is 77.8 Å². The van der Waals surface area contributed by atoms with E-state index < -0.39 is 12.1 Å². The Morgan fingerprint density at radius 2 is 1.70 bits per heavy atom. The summed E-state index contributed by atoms with van der Waals surface area (Å²) >= 11 is 0. The summed E-state index contributed by atoms with van der Waals surface area (Å²) in [6, 6.07) is 16.3. The third-order valence-electron chi connectivity index (χ3n) is 4.65. The number of carbonyl (C=O) groups excluding carboxylic acids is 1. The van der Waals surface area contributed by atoms with Crippen LogP contribution in [0.25, 0.3) is 0 Å². The van der Waals surface area contributed by atoms with E-state index in [2.05, 4.69) is 0 Å². The van der Waals surface area contributed by atoms with Crippen molar-refractivity contribution in [3.63, 3.8) is 0 Å². The first-order valence-corrected chi connectivity index (χ1v) is 9.74. The zero-order valence-corrected chi connectivity index (χ0v) is 17.3. The average Bonchev–Trinajstić information content (AvgIpc) is 3.08. The normalized spacial score (nSPS) is 11.7. The summed E-state index contributed by atoms with van der Waals surface area (Å²) in [6.07, 6.45) is 0.984. The van der Waals surface area contributed by atoms with Gasteiger partial charge in [-0.2, -0.15) is 0 Å². The van der Waals surface area contributed by atoms with Gasteiger partial charge in [-0.05, 0) is 44.5 Å². The van der Waals surface area contributed by atoms with E-state index in [0.717, 1.165) is 11.1 Å². The maximum absolute atomic E-state index is 12.9. The van der Waals surface area contributed by atoms with Gasteiger partial charge in [0, 0.05) is 17.8 Å². The van der Waals surface area contributed by atoms with E-state index in [9.17, 15) is 9.59 Å². The van der Waals surface area contributed by atoms with Crippen molar-refractivity contribution in [3.05, 3.63) is 83.2 Å². The van der Waals surface area contributed by atoms with Crippen molar-refractivity contribution in [1.82, 2.24) is 4.57 Å². The molecule has 1 atom stereocenters. The molecule has 3 aromatic rings. The highest BCUT2D eigenvalue weighted by atomic mass is 16.5. The van der Waals surface area contributed by atoms with Crippen LogP contribution in [0.3, 0.4) is 0 Å². The molecule has 1 aromatic heterocycles. The average molecular weight is 407 g/mol. The van der Waals surface area contributed by atoms with Gasteiger partial charge in [0.25, 0.3) is 0 Å². The quantitative estimate of drug-likeness (QED) is 0.536. The van der Waals surface area contributed by atoms with Crippen molar-refractivity contribution < 1.29 is 24.2 Å². The number of carbonyl (C=O) groups is 2. The number of hydrogen-bond acceptors (Lipinski definition) is 4. The summed E-state index contributed by atoms with van der Waals surface area (Å²) in [4.78, 5) is 23.8. The van der Waals surface area contributed by atoms with Gasteiger partial charge < -0.3 is 19.1 Å². The van der Waals surface area contributed by atoms with Crippen molar-refractivity contribution in [2.75, 3.05) is 6.61 Å². The number of ether oxygens (including phenoxy) is 2. The number of nitrogens with zero attached hydrogens (tertiary/aromatic N) is 1. The van der Waals surface area contributed by atoms with Crippen molar-refractivity contribution in [1.29, 1.82) is 0 Å². The van der Waals surface area contributed by atoms with Crippen LogP contribution in [0.2, 0.25) is 0 Å². The zero-order valence-electron chi connectivity index (χ0n) is 17.3. The minimum Gasteiger partial charge on any atom is -0.492 e. The standard InChI is InChI=1S/C24H25NO5/c1-16-7-9-19(10-8-16)23(26)22-13-17(2)15-25(22)11-12-29-20-5-4-6-21(14-20)30-18(3)24(27)28/h4-10,13-15,18H,11-12H2,1-3H3,(H,27,28)/t18-/m0/s1. The Morgan fingerprint density at radius 3 is 2.40 bits per heavy atom. The lowest BCUT2D eigenvalue weighted by molar-refractivity contribution is -0.144. The van der Waals surface area contributed by atoms with E-state index in [4.69, 9.17) is 14.6 Å². The lowest BCUT2D eigenvalue weighted by Gasteiger charge is -2.13. The number of aryl methyl sites for hydroxylation is 2. The van der Waals surface area contributed by atoms with Crippen LogP contribution in [0.15, 0.2) is 60.8 Å². The third kappa shape index (κ3) is 5.29. The molecule has 0 aliphatic rings. The molecule has 0 radical (unpaired) electrons. The Morgan fingerprint density at radius 1 is 1.00 bits per heavy atom. The Balaban J connectivity index is 1.65. The Labute approximate surface area is 175 Å². The minimum atomic E-state index is -1.03. The molecule has 6 heteroatoms. The molecule has 156 valence electrons. The maximum atomic E-state index is 12.9. The van der Waals surface area contributed by atoms with Gasteiger partial charge in [0.05, 0.1) is 12.2 Å². The number of benzene rings is 2. The predicted molar refractivity (Wildman–Crippen MR) is 113 cm³/mol. The van der Waals surface area contributed by atoms with Gasteiger partial charge in [-0.25, -0.2) is 4.79 Å². The summed E-state index contributed by atoms with van der Waals surface area (Å²) < 4.78 is 13.1. The second-order valence-electron chi connectivity index (χ2n) is 7.21. The fourth-order valence-electron chi connectivity index (χ4n) is 3.04. The Hall–Kier alpha value is -3.54. The molecule has 0 aliphatic carbocycles. The molecule has 6 nitrogen and oxygen atoms in total. The molecule has 1 heterocycles. The Bertz CT molecular complexity index is 1040. The highest BCUT2D eigenvalue weighted by Gasteiger charge is 2.15. The number of hydrogen-bond donors (Lipinski definition) is 1. The van der Waals surface area contributed by atoms with Crippen LogP contribution in [0.1, 0.15) is 34.1 Å². The van der Waals surface area contributed by atoms with Crippen LogP contribution in [-0.2, 0) is 11.3 Å². The number of rotatable bonds is 9. The third-order valence-corrected chi connectivity index (χ3v) is 4.65. The van der Waals surface area contributed by atoms with Gasteiger partial charge >= 0.3 is 5.97 Å². The van der Waals surface area contributed by atoms with Crippen LogP contribution in [0.5, 0.6) is 11.5 Å². The smallest absolute Gasteiger partial charge is 0.344 e. The van der Waals surface area contributed by atoms with Crippen LogP contribution in [0.4, 0.5) is 0 Å². The fraction of sp³-hybridized carbons (Fsp3) is 0.250. The van der Waals surface area contributed by atoms with Crippen LogP contribution >= 0.6 is 0 Å². The van der Waals surface area contributed by atoms with Crippen molar-refractivity contribution in [2.45, 2.75) is 33.4 Å². The minimum absolute atomic E-state index is 0.0267. The van der Waals surface area contributed by atoms with Crippen molar-refractivity contribution >= 4 is 11.8 Å². The molecule has 2 aromatic carbocycles. The summed E-state index contributed by atoms with van der Waals surface area (Å²) in [5.74, 6) is -0.0638. The van der Waals surface area contributed by atoms with E-state index in [1.54, 1.807) is 24.3 Å². The molecule has 0 amide bonds. The molecule has 0 aliphatic heterocycles. The second kappa shape index (κ2) is 9.31. The molecule has 0 spiro atoms. The highest BCUT2D eigenvalue weighted by molar-refractivity contribution is 6.08. The van der Waals surface area contributed by atoms with Gasteiger partial charge in [0.15, 0.2) is 6.10 Å². The van der Waals surface area contributed by atoms with Gasteiger partial charge in [-0.1, -0.05) is 35.9 Å². The molecule has 3 rings (SSSR count). The van der Waals surface area contributed by atoms with Gasteiger partial charge in [-0.15, -0.1) is 0 Å². The SMILES string of the molecule is Cc1ccc(C(=O)c2cc(C)cn2CCOc2cccc(O[C@@H](C)C(=O)O)c2)cc1. The molecule has 0 saturated heterocycles. The summed E-state index contributed by atoms with van der Waals surface area (Å²) in [5.41, 5.74) is 3.38. The molecule has 0 fully saturated rings. The lowest BCUT2D eigenvalue weighted by Crippen LogP contribution is -2.22. The van der Waals surface area contributed by atoms with Gasteiger partial charge in [0.1, 0.15) is 18.1 Å². The summed E-state index contributed by atoms with van der Waals surface area (Å²) in [5, 5.41) is 8.96. The van der Waals surface area contributed by atoms with E-state index in [1.165, 1.54) is 6.92 Å². The first-order chi connectivity index (χ1) is 14.3. The van der Waals surface area contributed by atoms with Crippen LogP contribution in [-0.4, -0.2) is 34.1 Å². The van der Waals surface area contributed by atoms with Gasteiger partial charge in [-0.3, -0.25) is 4.79 Å². The predicted octanol–water partition coefficient (Wildman–Crippen LogP) is 4.27. The van der Waals surface area contributed by atoms with E-state index in [-0.39, 0.29) is 5.78 Å². The molecule has 0 unspecified atom stereocenters. The Kier molecular flexibility index (Phi) is 6.57. The number of ketones is 1. The van der Waals surface area contributed by atoms with E-state index in [0.29, 0.717) is 35.9 Å². The first kappa shape index (κ1) is 21.2. The number of carboxylic acid groups (broad SMARTS) is 1. The van der Waals surface area contributed by atoms with Crippen LogP contribution in [0, 0.1) is 13.8 Å². The number of aromatic nitrogens is 1. The first-order valence-electron chi connectivity index (χ1n) is 9.74. The number of carboxylic acids is 1. The summed E-state index contributed by atoms with van der Waals surface area (Å²) in [6.45, 7) is 6.25. The summed E-state index contributed by atoms with van der Waals surface area (Å²) in [7, 11) is 0. The van der Waals surface area contributed by atoms with E-state index >= 15 is 0 Å². The molecule has 30 heavy (non-hydrogen) atoms. The maximum Gasteiger partial charge on any atom is 0.344 e. The highest BCUT2D eigenvalue weighted by Crippen LogP contribution is 2.21. The van der Waals surface area contributed by atoms with Crippen molar-refractivity contribution in [3.8, 4) is 11.5 Å². The largest absolute Gasteiger partial charge is 0.492 e. The van der Waals surface area contributed by atoms with Crippen molar-refractivity contribution in [2.24, 2.45) is 0 Å². The fourth-order valence-corrected chi connectivity index (χ4v) is 3.04. The molecule has 0 saturated carbocycles. The molecular weight excluding hydrogens is 382 g/mol. The van der Waals surface area contributed by atoms with Gasteiger partial charge in [0.2, 0.25) is 5.78 Å².